The summed E-state index contributed by atoms with van der Waals surface area (Å²) in [5, 5.41) is 0. The van der Waals surface area contributed by atoms with E-state index in [1.807, 2.05) is 18.7 Å². The van der Waals surface area contributed by atoms with Crippen molar-refractivity contribution in [2.75, 3.05) is 11.4 Å². The van der Waals surface area contributed by atoms with Gasteiger partial charge in [-0.25, -0.2) is 18.7 Å². The molecule has 104 valence electrons. The SMILES string of the molecule is CC1(C)CN(c2ccc(F)c(F)c2)c2ncc(Br)nc21. The van der Waals surface area contributed by atoms with E-state index in [0.29, 0.717) is 22.7 Å². The maximum Gasteiger partial charge on any atom is 0.160 e. The van der Waals surface area contributed by atoms with E-state index in [-0.39, 0.29) is 5.41 Å². The summed E-state index contributed by atoms with van der Waals surface area (Å²) in [7, 11) is 0. The maximum absolute atomic E-state index is 13.4. The Kier molecular flexibility index (Phi) is 3.01. The first-order valence-corrected chi connectivity index (χ1v) is 6.93. The smallest absolute Gasteiger partial charge is 0.160 e. The highest BCUT2D eigenvalue weighted by atomic mass is 79.9. The molecule has 6 heteroatoms. The average Bonchev–Trinajstić information content (AvgIpc) is 2.65. The maximum atomic E-state index is 13.4. The van der Waals surface area contributed by atoms with Crippen molar-refractivity contribution in [2.45, 2.75) is 19.3 Å². The van der Waals surface area contributed by atoms with Crippen molar-refractivity contribution in [2.24, 2.45) is 0 Å². The molecule has 2 heterocycles. The zero-order valence-electron chi connectivity index (χ0n) is 11.0. The molecule has 0 bridgehead atoms. The Morgan fingerprint density at radius 3 is 2.70 bits per heavy atom. The molecule has 20 heavy (non-hydrogen) atoms. The van der Waals surface area contributed by atoms with Crippen LogP contribution in [0.4, 0.5) is 20.3 Å². The zero-order valence-corrected chi connectivity index (χ0v) is 12.6. The first kappa shape index (κ1) is 13.4. The Morgan fingerprint density at radius 1 is 1.25 bits per heavy atom. The van der Waals surface area contributed by atoms with Gasteiger partial charge in [-0.15, -0.1) is 0 Å². The third-order valence-electron chi connectivity index (χ3n) is 3.39. The molecule has 0 N–H and O–H groups in total. The van der Waals surface area contributed by atoms with Crippen LogP contribution in [0.15, 0.2) is 29.0 Å². The van der Waals surface area contributed by atoms with E-state index in [9.17, 15) is 8.78 Å². The van der Waals surface area contributed by atoms with Crippen molar-refractivity contribution in [3.05, 3.63) is 46.3 Å². The molecule has 0 aliphatic carbocycles. The van der Waals surface area contributed by atoms with Crippen LogP contribution in [0.1, 0.15) is 19.5 Å². The summed E-state index contributed by atoms with van der Waals surface area (Å²) in [6.45, 7) is 4.71. The van der Waals surface area contributed by atoms with Gasteiger partial charge in [0.25, 0.3) is 0 Å². The van der Waals surface area contributed by atoms with Crippen molar-refractivity contribution in [1.82, 2.24) is 9.97 Å². The van der Waals surface area contributed by atoms with Gasteiger partial charge in [0, 0.05) is 23.7 Å². The second-order valence-corrected chi connectivity index (χ2v) is 6.25. The molecule has 0 saturated heterocycles. The minimum atomic E-state index is -0.862. The summed E-state index contributed by atoms with van der Waals surface area (Å²) in [6, 6.07) is 3.86. The fraction of sp³-hybridized carbons (Fsp3) is 0.286. The highest BCUT2D eigenvalue weighted by Crippen LogP contribution is 2.42. The van der Waals surface area contributed by atoms with E-state index in [1.165, 1.54) is 6.07 Å². The van der Waals surface area contributed by atoms with Gasteiger partial charge in [0.15, 0.2) is 17.5 Å². The van der Waals surface area contributed by atoms with Gasteiger partial charge < -0.3 is 4.90 Å². The summed E-state index contributed by atoms with van der Waals surface area (Å²) in [6.07, 6.45) is 1.60. The van der Waals surface area contributed by atoms with Crippen LogP contribution >= 0.6 is 15.9 Å². The predicted molar refractivity (Wildman–Crippen MR) is 76.1 cm³/mol. The van der Waals surface area contributed by atoms with Gasteiger partial charge in [-0.05, 0) is 28.1 Å². The molecule has 0 spiro atoms. The highest BCUT2D eigenvalue weighted by molar-refractivity contribution is 9.10. The normalized spacial score (nSPS) is 16.4. The fourth-order valence-corrected chi connectivity index (χ4v) is 2.70. The minimum Gasteiger partial charge on any atom is -0.324 e. The van der Waals surface area contributed by atoms with Gasteiger partial charge in [0.05, 0.1) is 11.9 Å². The third-order valence-corrected chi connectivity index (χ3v) is 3.77. The van der Waals surface area contributed by atoms with Crippen LogP contribution in [0.2, 0.25) is 0 Å². The Morgan fingerprint density at radius 2 is 2.00 bits per heavy atom. The van der Waals surface area contributed by atoms with Gasteiger partial charge in [-0.3, -0.25) is 0 Å². The fourth-order valence-electron chi connectivity index (χ4n) is 2.42. The standard InChI is InChI=1S/C14H12BrF2N3/c1-14(2)7-20(8-3-4-9(16)10(17)5-8)13-12(14)19-11(15)6-18-13/h3-6H,7H2,1-2H3. The lowest BCUT2D eigenvalue weighted by atomic mass is 9.92. The minimum absolute atomic E-state index is 0.211. The Balaban J connectivity index is 2.12. The molecule has 0 saturated carbocycles. The molecule has 1 aliphatic heterocycles. The molecular weight excluding hydrogens is 328 g/mol. The van der Waals surface area contributed by atoms with Crippen molar-refractivity contribution >= 4 is 27.4 Å². The third kappa shape index (κ3) is 2.08. The molecule has 0 amide bonds. The van der Waals surface area contributed by atoms with Gasteiger partial charge in [0.2, 0.25) is 0 Å². The topological polar surface area (TPSA) is 29.0 Å². The first-order valence-electron chi connectivity index (χ1n) is 6.14. The molecule has 1 aromatic carbocycles. The average molecular weight is 340 g/mol. The summed E-state index contributed by atoms with van der Waals surface area (Å²) in [5.74, 6) is -1.03. The molecule has 0 radical (unpaired) electrons. The lowest BCUT2D eigenvalue weighted by molar-refractivity contribution is 0.508. The summed E-state index contributed by atoms with van der Waals surface area (Å²) < 4.78 is 27.1. The van der Waals surface area contributed by atoms with Crippen LogP contribution in [0.25, 0.3) is 0 Å². The van der Waals surface area contributed by atoms with Crippen LogP contribution in [0.3, 0.4) is 0 Å². The Hall–Kier alpha value is -1.56. The van der Waals surface area contributed by atoms with Gasteiger partial charge in [0.1, 0.15) is 4.60 Å². The van der Waals surface area contributed by atoms with E-state index in [1.54, 1.807) is 12.3 Å². The van der Waals surface area contributed by atoms with Gasteiger partial charge >= 0.3 is 0 Å². The van der Waals surface area contributed by atoms with Crippen LogP contribution < -0.4 is 4.90 Å². The molecule has 1 aromatic heterocycles. The molecule has 3 nitrogen and oxygen atoms in total. The Bertz CT molecular complexity index is 688. The number of halogens is 3. The number of hydrogen-bond donors (Lipinski definition) is 0. The Labute approximate surface area is 123 Å². The highest BCUT2D eigenvalue weighted by Gasteiger charge is 2.38. The van der Waals surface area contributed by atoms with Crippen molar-refractivity contribution in [1.29, 1.82) is 0 Å². The molecule has 0 unspecified atom stereocenters. The van der Waals surface area contributed by atoms with E-state index >= 15 is 0 Å². The van der Waals surface area contributed by atoms with Crippen LogP contribution in [0.5, 0.6) is 0 Å². The van der Waals surface area contributed by atoms with Crippen LogP contribution in [0, 0.1) is 11.6 Å². The second-order valence-electron chi connectivity index (χ2n) is 5.43. The van der Waals surface area contributed by atoms with Gasteiger partial charge in [-0.2, -0.15) is 0 Å². The molecular formula is C14H12BrF2N3. The number of fused-ring (bicyclic) bond motifs is 1. The lowest BCUT2D eigenvalue weighted by Crippen LogP contribution is -2.25. The largest absolute Gasteiger partial charge is 0.324 e. The second kappa shape index (κ2) is 4.48. The number of benzene rings is 1. The molecule has 0 fully saturated rings. The quantitative estimate of drug-likeness (QED) is 0.787. The van der Waals surface area contributed by atoms with Crippen molar-refractivity contribution in [3.63, 3.8) is 0 Å². The van der Waals surface area contributed by atoms with E-state index in [2.05, 4.69) is 25.9 Å². The van der Waals surface area contributed by atoms with Gasteiger partial charge in [-0.1, -0.05) is 13.8 Å². The number of aromatic nitrogens is 2. The number of hydrogen-bond acceptors (Lipinski definition) is 3. The van der Waals surface area contributed by atoms with E-state index < -0.39 is 11.6 Å². The van der Waals surface area contributed by atoms with E-state index in [0.717, 1.165) is 11.8 Å². The zero-order chi connectivity index (χ0) is 14.5. The van der Waals surface area contributed by atoms with Crippen LogP contribution in [-0.4, -0.2) is 16.5 Å². The number of rotatable bonds is 1. The summed E-state index contributed by atoms with van der Waals surface area (Å²) >= 11 is 3.31. The molecule has 2 aromatic rings. The molecule has 3 rings (SSSR count). The van der Waals surface area contributed by atoms with Crippen molar-refractivity contribution in [3.8, 4) is 0 Å². The number of anilines is 2. The molecule has 0 atom stereocenters. The van der Waals surface area contributed by atoms with Crippen molar-refractivity contribution < 1.29 is 8.78 Å². The first-order chi connectivity index (χ1) is 9.38. The summed E-state index contributed by atoms with van der Waals surface area (Å²) in [5.41, 5.74) is 1.21. The summed E-state index contributed by atoms with van der Waals surface area (Å²) in [4.78, 5) is 10.7. The van der Waals surface area contributed by atoms with E-state index in [4.69, 9.17) is 0 Å². The number of nitrogens with zero attached hydrogens (tertiary/aromatic N) is 3. The lowest BCUT2D eigenvalue weighted by Gasteiger charge is -2.21. The van der Waals surface area contributed by atoms with Crippen LogP contribution in [-0.2, 0) is 5.41 Å². The predicted octanol–water partition coefficient (Wildman–Crippen LogP) is 3.95. The molecule has 1 aliphatic rings. The monoisotopic (exact) mass is 339 g/mol.